The molecule has 1 fully saturated rings. The molecule has 5 heteroatoms. The van der Waals surface area contributed by atoms with Crippen molar-refractivity contribution in [2.75, 3.05) is 16.3 Å². The monoisotopic (exact) mass is 444 g/mol. The quantitative estimate of drug-likeness (QED) is 0.509. The largest absolute Gasteiger partial charge is 0.301 e. The Labute approximate surface area is 193 Å². The number of nitrogens with zero attached hydrogens (tertiary/aromatic N) is 2. The lowest BCUT2D eigenvalue weighted by molar-refractivity contribution is -0.127. The molecule has 162 valence electrons. The minimum absolute atomic E-state index is 0.0148. The summed E-state index contributed by atoms with van der Waals surface area (Å²) in [5.41, 5.74) is 5.38. The van der Waals surface area contributed by atoms with E-state index in [2.05, 4.69) is 0 Å². The van der Waals surface area contributed by atoms with Crippen LogP contribution in [0.4, 0.5) is 11.4 Å². The molecule has 0 spiro atoms. The fraction of sp³-hybridized carbons (Fsp3) is 0.185. The first-order valence-corrected chi connectivity index (χ1v) is 10.9. The maximum Gasteiger partial charge on any atom is 0.254 e. The zero-order chi connectivity index (χ0) is 22.8. The van der Waals surface area contributed by atoms with Crippen LogP contribution < -0.4 is 9.80 Å². The molecular weight excluding hydrogens is 420 g/mol. The minimum Gasteiger partial charge on any atom is -0.301 e. The van der Waals surface area contributed by atoms with Gasteiger partial charge in [0.05, 0.1) is 0 Å². The van der Waals surface area contributed by atoms with E-state index in [1.165, 1.54) is 0 Å². The van der Waals surface area contributed by atoms with Crippen LogP contribution in [-0.2, 0) is 9.59 Å². The Morgan fingerprint density at radius 2 is 1.56 bits per heavy atom. The molecule has 0 saturated carbocycles. The summed E-state index contributed by atoms with van der Waals surface area (Å²) >= 11 is 6.06. The Hall–Kier alpha value is -3.37. The highest BCUT2D eigenvalue weighted by atomic mass is 35.5. The molecule has 3 aromatic rings. The van der Waals surface area contributed by atoms with Crippen LogP contribution in [0.2, 0.25) is 5.02 Å². The lowest BCUT2D eigenvalue weighted by Gasteiger charge is -2.41. The van der Waals surface area contributed by atoms with Gasteiger partial charge in [-0.05, 0) is 79.4 Å². The molecule has 1 atom stereocenters. The first-order valence-electron chi connectivity index (χ1n) is 10.5. The smallest absolute Gasteiger partial charge is 0.254 e. The maximum atomic E-state index is 13.8. The molecule has 1 aliphatic rings. The van der Waals surface area contributed by atoms with Crippen LogP contribution in [0.15, 0.2) is 78.4 Å². The molecule has 0 radical (unpaired) electrons. The molecule has 0 bridgehead atoms. The van der Waals surface area contributed by atoms with Gasteiger partial charge in [-0.3, -0.25) is 14.5 Å². The van der Waals surface area contributed by atoms with Gasteiger partial charge in [0.25, 0.3) is 5.91 Å². The minimum atomic E-state index is -0.751. The highest BCUT2D eigenvalue weighted by molar-refractivity contribution is 6.30. The zero-order valence-corrected chi connectivity index (χ0v) is 19.1. The summed E-state index contributed by atoms with van der Waals surface area (Å²) in [5, 5.41) is 0.578. The SMILES string of the molecule is CC(=Cc1ccccc1)C1C(=O)N(c2ccc(C)c(C)c2)CC(=O)N1c1ccc(Cl)cc1. The number of carbonyl (C=O) groups excluding carboxylic acids is 2. The number of halogens is 1. The van der Waals surface area contributed by atoms with Gasteiger partial charge in [-0.15, -0.1) is 0 Å². The standard InChI is InChI=1S/C27H25ClN2O2/c1-18-9-12-24(16-19(18)2)29-17-25(31)30(23-13-10-22(28)11-14-23)26(27(29)32)20(3)15-21-7-5-4-6-8-21/h4-16,26H,17H2,1-3H3. The fourth-order valence-electron chi connectivity index (χ4n) is 3.99. The molecule has 4 nitrogen and oxygen atoms in total. The van der Waals surface area contributed by atoms with Gasteiger partial charge in [-0.1, -0.05) is 54.1 Å². The average molecular weight is 445 g/mol. The Morgan fingerprint density at radius 1 is 0.906 bits per heavy atom. The molecule has 3 aromatic carbocycles. The van der Waals surface area contributed by atoms with Gasteiger partial charge >= 0.3 is 0 Å². The maximum absolute atomic E-state index is 13.8. The molecular formula is C27H25ClN2O2. The first kappa shape index (κ1) is 21.8. The average Bonchev–Trinajstić information content (AvgIpc) is 2.78. The Balaban J connectivity index is 1.80. The van der Waals surface area contributed by atoms with Crippen molar-refractivity contribution in [2.45, 2.75) is 26.8 Å². The van der Waals surface area contributed by atoms with E-state index in [1.807, 2.05) is 75.4 Å². The van der Waals surface area contributed by atoms with E-state index in [1.54, 1.807) is 34.1 Å². The van der Waals surface area contributed by atoms with Crippen molar-refractivity contribution < 1.29 is 9.59 Å². The number of anilines is 2. The third-order valence-electron chi connectivity index (χ3n) is 5.85. The van der Waals surface area contributed by atoms with Gasteiger partial charge in [-0.2, -0.15) is 0 Å². The van der Waals surface area contributed by atoms with Crippen LogP contribution in [0.3, 0.4) is 0 Å². The molecule has 2 amide bonds. The summed E-state index contributed by atoms with van der Waals surface area (Å²) in [7, 11) is 0. The summed E-state index contributed by atoms with van der Waals surface area (Å²) in [4.78, 5) is 30.4. The normalized spacial score (nSPS) is 17.1. The van der Waals surface area contributed by atoms with E-state index in [0.29, 0.717) is 10.7 Å². The third kappa shape index (κ3) is 4.32. The van der Waals surface area contributed by atoms with E-state index in [9.17, 15) is 9.59 Å². The summed E-state index contributed by atoms with van der Waals surface area (Å²) in [6.45, 7) is 5.92. The Bertz CT molecular complexity index is 1190. The lowest BCUT2D eigenvalue weighted by atomic mass is 9.98. The molecule has 0 aromatic heterocycles. The van der Waals surface area contributed by atoms with Gasteiger partial charge in [0.2, 0.25) is 5.91 Å². The van der Waals surface area contributed by atoms with Crippen molar-refractivity contribution in [1.82, 2.24) is 0 Å². The van der Waals surface area contributed by atoms with Gasteiger partial charge in [-0.25, -0.2) is 0 Å². The van der Waals surface area contributed by atoms with E-state index < -0.39 is 6.04 Å². The van der Waals surface area contributed by atoms with Crippen molar-refractivity contribution in [2.24, 2.45) is 0 Å². The Kier molecular flexibility index (Phi) is 6.15. The van der Waals surface area contributed by atoms with Crippen molar-refractivity contribution in [3.05, 3.63) is 100 Å². The van der Waals surface area contributed by atoms with Gasteiger partial charge in [0, 0.05) is 16.4 Å². The van der Waals surface area contributed by atoms with E-state index in [0.717, 1.165) is 28.0 Å². The van der Waals surface area contributed by atoms with Crippen molar-refractivity contribution in [3.63, 3.8) is 0 Å². The molecule has 0 N–H and O–H groups in total. The van der Waals surface area contributed by atoms with Crippen molar-refractivity contribution in [1.29, 1.82) is 0 Å². The van der Waals surface area contributed by atoms with Crippen LogP contribution >= 0.6 is 11.6 Å². The molecule has 4 rings (SSSR count). The third-order valence-corrected chi connectivity index (χ3v) is 6.10. The topological polar surface area (TPSA) is 40.6 Å². The molecule has 32 heavy (non-hydrogen) atoms. The van der Waals surface area contributed by atoms with Crippen LogP contribution in [-0.4, -0.2) is 24.4 Å². The summed E-state index contributed by atoms with van der Waals surface area (Å²) in [6.07, 6.45) is 1.96. The number of carbonyl (C=O) groups is 2. The van der Waals surface area contributed by atoms with Crippen LogP contribution in [0.1, 0.15) is 23.6 Å². The van der Waals surface area contributed by atoms with Crippen molar-refractivity contribution >= 4 is 40.9 Å². The van der Waals surface area contributed by atoms with Gasteiger partial charge in [0.15, 0.2) is 0 Å². The second-order valence-electron chi connectivity index (χ2n) is 8.13. The lowest BCUT2D eigenvalue weighted by Crippen LogP contribution is -2.61. The fourth-order valence-corrected chi connectivity index (χ4v) is 4.11. The highest BCUT2D eigenvalue weighted by Crippen LogP contribution is 2.31. The first-order chi connectivity index (χ1) is 15.3. The summed E-state index contributed by atoms with van der Waals surface area (Å²) in [6, 6.07) is 21.9. The van der Waals surface area contributed by atoms with Gasteiger partial charge < -0.3 is 4.90 Å². The highest BCUT2D eigenvalue weighted by Gasteiger charge is 2.41. The molecule has 1 saturated heterocycles. The predicted molar refractivity (Wildman–Crippen MR) is 131 cm³/mol. The zero-order valence-electron chi connectivity index (χ0n) is 18.4. The summed E-state index contributed by atoms with van der Waals surface area (Å²) in [5.74, 6) is -0.275. The molecule has 1 aliphatic heterocycles. The van der Waals surface area contributed by atoms with Gasteiger partial charge in [0.1, 0.15) is 12.6 Å². The second kappa shape index (κ2) is 9.01. The molecule has 1 heterocycles. The van der Waals surface area contributed by atoms with Crippen LogP contribution in [0, 0.1) is 13.8 Å². The number of amides is 2. The number of hydrogen-bond donors (Lipinski definition) is 0. The van der Waals surface area contributed by atoms with E-state index in [-0.39, 0.29) is 18.4 Å². The van der Waals surface area contributed by atoms with Crippen LogP contribution in [0.5, 0.6) is 0 Å². The number of rotatable bonds is 4. The van der Waals surface area contributed by atoms with Crippen molar-refractivity contribution in [3.8, 4) is 0 Å². The molecule has 1 unspecified atom stereocenters. The number of piperazine rings is 1. The molecule has 0 aliphatic carbocycles. The second-order valence-corrected chi connectivity index (χ2v) is 8.57. The van der Waals surface area contributed by atoms with E-state index >= 15 is 0 Å². The number of hydrogen-bond acceptors (Lipinski definition) is 2. The number of benzene rings is 3. The van der Waals surface area contributed by atoms with E-state index in [4.69, 9.17) is 11.6 Å². The predicted octanol–water partition coefficient (Wildman–Crippen LogP) is 5.81. The summed E-state index contributed by atoms with van der Waals surface area (Å²) < 4.78 is 0. The Morgan fingerprint density at radius 3 is 2.22 bits per heavy atom. The number of aryl methyl sites for hydroxylation is 2. The van der Waals surface area contributed by atoms with Crippen LogP contribution in [0.25, 0.3) is 6.08 Å².